The quantitative estimate of drug-likeness (QED) is 0.172. The Labute approximate surface area is 281 Å². The minimum atomic E-state index is -4.25. The van der Waals surface area contributed by atoms with Gasteiger partial charge in [-0.2, -0.15) is 0 Å². The van der Waals surface area contributed by atoms with Crippen LogP contribution in [0.3, 0.4) is 0 Å². The molecule has 0 heterocycles. The van der Waals surface area contributed by atoms with E-state index in [0.717, 1.165) is 46.7 Å². The fourth-order valence-electron chi connectivity index (χ4n) is 5.86. The summed E-state index contributed by atoms with van der Waals surface area (Å²) in [5, 5.41) is 3.63. The smallest absolute Gasteiger partial charge is 0.264 e. The third-order valence-corrected chi connectivity index (χ3v) is 10.4. The monoisotopic (exact) mass is 677 g/mol. The molecule has 0 saturated heterocycles. The lowest BCUT2D eigenvalue weighted by Gasteiger charge is -2.34. The number of hydrogen-bond acceptors (Lipinski definition) is 4. The van der Waals surface area contributed by atoms with Gasteiger partial charge in [-0.1, -0.05) is 114 Å². The lowest BCUT2D eigenvalue weighted by molar-refractivity contribution is -0.140. The molecule has 1 saturated carbocycles. The van der Waals surface area contributed by atoms with Crippen molar-refractivity contribution in [3.63, 3.8) is 0 Å². The summed E-state index contributed by atoms with van der Waals surface area (Å²) in [5.74, 6) is -0.806. The van der Waals surface area contributed by atoms with Crippen LogP contribution < -0.4 is 9.62 Å². The first kappa shape index (κ1) is 33.5. The molecule has 1 atom stereocenters. The SMILES string of the molecule is Cc1cccc(CN(C(=O)CN(c2cc(Cl)cc(Cl)c2)S(=O)(=O)c2ccccc2)[C@H](Cc2ccccc2)C(=O)NC2CCCC2)c1. The molecule has 0 spiro atoms. The maximum Gasteiger partial charge on any atom is 0.264 e. The molecular weight excluding hydrogens is 641 g/mol. The van der Waals surface area contributed by atoms with Crippen molar-refractivity contribution < 1.29 is 18.0 Å². The predicted octanol–water partition coefficient (Wildman–Crippen LogP) is 7.20. The third kappa shape index (κ3) is 8.49. The lowest BCUT2D eigenvalue weighted by atomic mass is 10.0. The molecule has 10 heteroatoms. The topological polar surface area (TPSA) is 86.8 Å². The van der Waals surface area contributed by atoms with Crippen molar-refractivity contribution in [2.45, 2.75) is 62.6 Å². The third-order valence-electron chi connectivity index (χ3n) is 8.15. The first-order valence-electron chi connectivity index (χ1n) is 15.3. The van der Waals surface area contributed by atoms with Crippen LogP contribution in [-0.4, -0.2) is 43.8 Å². The summed E-state index contributed by atoms with van der Waals surface area (Å²) in [7, 11) is -4.25. The average molecular weight is 679 g/mol. The van der Waals surface area contributed by atoms with Crippen molar-refractivity contribution >= 4 is 50.7 Å². The summed E-state index contributed by atoms with van der Waals surface area (Å²) in [6.45, 7) is 1.48. The second-order valence-corrected chi connectivity index (χ2v) is 14.4. The van der Waals surface area contributed by atoms with E-state index in [0.29, 0.717) is 0 Å². The fraction of sp³-hybridized carbons (Fsp3) is 0.278. The van der Waals surface area contributed by atoms with E-state index in [1.807, 2.05) is 61.5 Å². The van der Waals surface area contributed by atoms with Crippen molar-refractivity contribution in [3.05, 3.63) is 130 Å². The highest BCUT2D eigenvalue weighted by Crippen LogP contribution is 2.30. The standard InChI is InChI=1S/C36H37Cl2N3O4S/c1-26-11-10-14-28(19-26)24-40(34(20-27-12-4-2-5-13-27)36(43)39-31-15-8-9-16-31)35(42)25-41(32-22-29(37)21-30(38)23-32)46(44,45)33-17-6-3-7-18-33/h2-7,10-14,17-19,21-23,31,34H,8-9,15-16,20,24-25H2,1H3,(H,39,43)/t34-/m1/s1. The van der Waals surface area contributed by atoms with E-state index >= 15 is 0 Å². The van der Waals surface area contributed by atoms with E-state index in [2.05, 4.69) is 5.32 Å². The Morgan fingerprint density at radius 1 is 0.826 bits per heavy atom. The van der Waals surface area contributed by atoms with Crippen LogP contribution in [0.1, 0.15) is 42.4 Å². The van der Waals surface area contributed by atoms with Crippen molar-refractivity contribution in [2.75, 3.05) is 10.8 Å². The van der Waals surface area contributed by atoms with Crippen molar-refractivity contribution in [1.29, 1.82) is 0 Å². The van der Waals surface area contributed by atoms with Crippen LogP contribution in [0, 0.1) is 6.92 Å². The highest BCUT2D eigenvalue weighted by atomic mass is 35.5. The Morgan fingerprint density at radius 2 is 1.43 bits per heavy atom. The number of carbonyl (C=O) groups excluding carboxylic acids is 2. The van der Waals surface area contributed by atoms with Crippen LogP contribution in [-0.2, 0) is 32.6 Å². The van der Waals surface area contributed by atoms with E-state index in [1.54, 1.807) is 18.2 Å². The Hall–Kier alpha value is -3.85. The fourth-order valence-corrected chi connectivity index (χ4v) is 7.79. The summed E-state index contributed by atoms with van der Waals surface area (Å²) < 4.78 is 29.3. The first-order chi connectivity index (χ1) is 22.1. The number of nitrogens with zero attached hydrogens (tertiary/aromatic N) is 2. The van der Waals surface area contributed by atoms with Gasteiger partial charge in [0.25, 0.3) is 10.0 Å². The van der Waals surface area contributed by atoms with Gasteiger partial charge in [-0.3, -0.25) is 13.9 Å². The van der Waals surface area contributed by atoms with E-state index in [4.69, 9.17) is 23.2 Å². The summed E-state index contributed by atoms with van der Waals surface area (Å²) >= 11 is 12.6. The Kier molecular flexibility index (Phi) is 11.0. The minimum absolute atomic E-state index is 0.00365. The normalized spacial score (nSPS) is 14.1. The van der Waals surface area contributed by atoms with E-state index in [1.165, 1.54) is 35.2 Å². The number of halogens is 2. The molecular formula is C36H37Cl2N3O4S. The van der Waals surface area contributed by atoms with E-state index < -0.39 is 28.5 Å². The average Bonchev–Trinajstić information content (AvgIpc) is 3.55. The van der Waals surface area contributed by atoms with E-state index in [9.17, 15) is 18.0 Å². The molecule has 46 heavy (non-hydrogen) atoms. The largest absolute Gasteiger partial charge is 0.352 e. The maximum absolute atomic E-state index is 14.6. The van der Waals surface area contributed by atoms with Crippen molar-refractivity contribution in [1.82, 2.24) is 10.2 Å². The Morgan fingerprint density at radius 3 is 2.07 bits per heavy atom. The molecule has 1 aliphatic rings. The molecule has 0 bridgehead atoms. The van der Waals surface area contributed by atoms with Crippen molar-refractivity contribution in [2.24, 2.45) is 0 Å². The van der Waals surface area contributed by atoms with Crippen LogP contribution in [0.5, 0.6) is 0 Å². The number of carbonyl (C=O) groups is 2. The van der Waals surface area contributed by atoms with E-state index in [-0.39, 0.29) is 45.5 Å². The molecule has 1 aliphatic carbocycles. The van der Waals surface area contributed by atoms with Gasteiger partial charge in [0, 0.05) is 29.1 Å². The van der Waals surface area contributed by atoms with Gasteiger partial charge in [0.2, 0.25) is 11.8 Å². The predicted molar refractivity (Wildman–Crippen MR) is 183 cm³/mol. The second-order valence-electron chi connectivity index (χ2n) is 11.7. The highest BCUT2D eigenvalue weighted by molar-refractivity contribution is 7.92. The molecule has 4 aromatic rings. The lowest BCUT2D eigenvalue weighted by Crippen LogP contribution is -2.54. The number of nitrogens with one attached hydrogen (secondary N) is 1. The molecule has 2 amide bonds. The molecule has 0 unspecified atom stereocenters. The zero-order valence-corrected chi connectivity index (χ0v) is 27.9. The second kappa shape index (κ2) is 15.2. The van der Waals surface area contributed by atoms with Crippen molar-refractivity contribution in [3.8, 4) is 0 Å². The number of hydrogen-bond donors (Lipinski definition) is 1. The molecule has 0 aromatic heterocycles. The van der Waals surface area contributed by atoms with Crippen LogP contribution in [0.2, 0.25) is 10.0 Å². The molecule has 5 rings (SSSR count). The number of rotatable bonds is 12. The molecule has 1 N–H and O–H groups in total. The molecule has 4 aromatic carbocycles. The number of benzene rings is 4. The molecule has 240 valence electrons. The molecule has 7 nitrogen and oxygen atoms in total. The van der Waals surface area contributed by atoms with Gasteiger partial charge in [-0.05, 0) is 61.2 Å². The van der Waals surface area contributed by atoms with Gasteiger partial charge in [0.15, 0.2) is 0 Å². The van der Waals surface area contributed by atoms with Gasteiger partial charge in [0.05, 0.1) is 10.6 Å². The first-order valence-corrected chi connectivity index (χ1v) is 17.5. The molecule has 0 radical (unpaired) electrons. The van der Waals surface area contributed by atoms with Gasteiger partial charge >= 0.3 is 0 Å². The maximum atomic E-state index is 14.6. The zero-order chi connectivity index (χ0) is 32.7. The Balaban J connectivity index is 1.58. The molecule has 0 aliphatic heterocycles. The minimum Gasteiger partial charge on any atom is -0.352 e. The number of anilines is 1. The van der Waals surface area contributed by atoms with Crippen LogP contribution in [0.15, 0.2) is 108 Å². The summed E-state index contributed by atoms with van der Waals surface area (Å²) in [4.78, 5) is 30.2. The number of amides is 2. The highest BCUT2D eigenvalue weighted by Gasteiger charge is 2.35. The number of sulfonamides is 1. The van der Waals surface area contributed by atoms with Gasteiger partial charge in [-0.25, -0.2) is 8.42 Å². The van der Waals surface area contributed by atoms with Gasteiger partial charge in [0.1, 0.15) is 12.6 Å². The van der Waals surface area contributed by atoms with Gasteiger partial charge < -0.3 is 10.2 Å². The Bertz CT molecular complexity index is 1740. The van der Waals surface area contributed by atoms with Crippen LogP contribution in [0.25, 0.3) is 0 Å². The summed E-state index contributed by atoms with van der Waals surface area (Å²) in [6.07, 6.45) is 4.09. The van der Waals surface area contributed by atoms with Crippen LogP contribution in [0.4, 0.5) is 5.69 Å². The summed E-state index contributed by atoms with van der Waals surface area (Å²) in [6, 6.07) is 28.7. The number of aryl methyl sites for hydroxylation is 1. The van der Waals surface area contributed by atoms with Gasteiger partial charge in [-0.15, -0.1) is 0 Å². The molecule has 1 fully saturated rings. The van der Waals surface area contributed by atoms with Crippen LogP contribution >= 0.6 is 23.2 Å². The zero-order valence-electron chi connectivity index (χ0n) is 25.6. The summed E-state index contributed by atoms with van der Waals surface area (Å²) in [5.41, 5.74) is 2.84.